The summed E-state index contributed by atoms with van der Waals surface area (Å²) in [7, 11) is 2.94. The first-order chi connectivity index (χ1) is 12.7. The van der Waals surface area contributed by atoms with E-state index in [2.05, 4.69) is 10.1 Å². The number of nitrogens with zero attached hydrogens (tertiary/aromatic N) is 5. The number of benzene rings is 1. The van der Waals surface area contributed by atoms with Gasteiger partial charge in [0.25, 0.3) is 5.91 Å². The minimum Gasteiger partial charge on any atom is -0.315 e. The van der Waals surface area contributed by atoms with Crippen LogP contribution in [-0.4, -0.2) is 56.6 Å². The summed E-state index contributed by atoms with van der Waals surface area (Å²) in [5.41, 5.74) is 0.0432. The maximum Gasteiger partial charge on any atom is 0.326 e. The molecule has 3 amide bonds. The van der Waals surface area contributed by atoms with E-state index in [0.29, 0.717) is 18.1 Å². The number of urea groups is 1. The van der Waals surface area contributed by atoms with Crippen LogP contribution in [0.1, 0.15) is 25.5 Å². The molecule has 0 bridgehead atoms. The van der Waals surface area contributed by atoms with Gasteiger partial charge < -0.3 is 4.90 Å². The van der Waals surface area contributed by atoms with E-state index in [9.17, 15) is 18.4 Å². The number of hydrogen-bond acceptors (Lipinski definition) is 4. The van der Waals surface area contributed by atoms with Gasteiger partial charge in [-0.15, -0.1) is 0 Å². The summed E-state index contributed by atoms with van der Waals surface area (Å²) in [5.74, 6) is -0.729. The fourth-order valence-electron chi connectivity index (χ4n) is 3.07. The molecule has 0 aliphatic carbocycles. The van der Waals surface area contributed by atoms with Crippen molar-refractivity contribution in [3.8, 4) is 5.69 Å². The average Bonchev–Trinajstić information content (AvgIpc) is 3.05. The van der Waals surface area contributed by atoms with Crippen molar-refractivity contribution in [3.05, 3.63) is 41.5 Å². The smallest absolute Gasteiger partial charge is 0.315 e. The second kappa shape index (κ2) is 7.05. The van der Waals surface area contributed by atoms with E-state index >= 15 is 0 Å². The Kier molecular flexibility index (Phi) is 4.95. The zero-order chi connectivity index (χ0) is 19.9. The quantitative estimate of drug-likeness (QED) is 0.749. The highest BCUT2D eigenvalue weighted by Crippen LogP contribution is 2.22. The van der Waals surface area contributed by atoms with Crippen molar-refractivity contribution in [1.29, 1.82) is 0 Å². The van der Waals surface area contributed by atoms with Gasteiger partial charge in [0.05, 0.1) is 0 Å². The van der Waals surface area contributed by atoms with Crippen LogP contribution in [0.4, 0.5) is 13.6 Å². The Morgan fingerprint density at radius 1 is 1.19 bits per heavy atom. The molecule has 1 aliphatic rings. The van der Waals surface area contributed by atoms with Gasteiger partial charge in [0, 0.05) is 33.0 Å². The van der Waals surface area contributed by atoms with E-state index in [1.54, 1.807) is 0 Å². The predicted octanol–water partition coefficient (Wildman–Crippen LogP) is 2.18. The largest absolute Gasteiger partial charge is 0.326 e. The van der Waals surface area contributed by atoms with Crippen molar-refractivity contribution < 1.29 is 18.4 Å². The molecular weight excluding hydrogens is 356 g/mol. The van der Waals surface area contributed by atoms with Crippen LogP contribution in [0.5, 0.6) is 0 Å². The molecule has 2 heterocycles. The third-order valence-electron chi connectivity index (χ3n) is 4.49. The van der Waals surface area contributed by atoms with Gasteiger partial charge in [0.15, 0.2) is 11.6 Å². The summed E-state index contributed by atoms with van der Waals surface area (Å²) in [6.07, 6.45) is 0.642. The first-order valence-electron chi connectivity index (χ1n) is 8.63. The molecule has 0 radical (unpaired) electrons. The van der Waals surface area contributed by atoms with Crippen molar-refractivity contribution >= 4 is 11.9 Å². The second-order valence-corrected chi connectivity index (χ2v) is 7.06. The molecule has 3 rings (SSSR count). The number of rotatable bonds is 5. The molecule has 1 atom stereocenters. The zero-order valence-corrected chi connectivity index (χ0v) is 15.6. The van der Waals surface area contributed by atoms with E-state index in [0.717, 1.165) is 17.0 Å². The number of carbonyl (C=O) groups excluding carboxylic acids is 2. The molecular formula is C18H21F2N5O2. The van der Waals surface area contributed by atoms with E-state index in [-0.39, 0.29) is 23.9 Å². The monoisotopic (exact) mass is 377 g/mol. The lowest BCUT2D eigenvalue weighted by Crippen LogP contribution is -2.34. The second-order valence-electron chi connectivity index (χ2n) is 7.06. The number of carbonyl (C=O) groups is 2. The fourth-order valence-corrected chi connectivity index (χ4v) is 3.07. The van der Waals surface area contributed by atoms with Crippen LogP contribution in [0.3, 0.4) is 0 Å². The molecule has 1 fully saturated rings. The number of amides is 3. The van der Waals surface area contributed by atoms with Crippen molar-refractivity contribution in [1.82, 2.24) is 24.6 Å². The van der Waals surface area contributed by atoms with Crippen molar-refractivity contribution in [2.45, 2.75) is 32.7 Å². The molecule has 144 valence electrons. The molecule has 7 nitrogen and oxygen atoms in total. The third kappa shape index (κ3) is 3.54. The predicted molar refractivity (Wildman–Crippen MR) is 93.2 cm³/mol. The summed E-state index contributed by atoms with van der Waals surface area (Å²) in [5, 5.41) is 4.36. The summed E-state index contributed by atoms with van der Waals surface area (Å²) in [4.78, 5) is 31.2. The first-order valence-corrected chi connectivity index (χ1v) is 8.63. The van der Waals surface area contributed by atoms with Gasteiger partial charge in [0.1, 0.15) is 23.4 Å². The van der Waals surface area contributed by atoms with E-state index < -0.39 is 23.7 Å². The van der Waals surface area contributed by atoms with Crippen LogP contribution in [-0.2, 0) is 17.6 Å². The van der Waals surface area contributed by atoms with Gasteiger partial charge in [-0.1, -0.05) is 13.8 Å². The summed E-state index contributed by atoms with van der Waals surface area (Å²) in [6, 6.07) is 2.02. The standard InChI is InChI=1S/C18H21F2N5O2/c1-10(2)7-15-21-16(9-14-17(26)24(4)18(27)23(14)3)25(22-15)13-6-5-11(19)8-12(13)20/h5-6,8,10,14H,7,9H2,1-4H3/t14-/m0/s1. The lowest BCUT2D eigenvalue weighted by atomic mass is 10.1. The minimum absolute atomic E-state index is 0.0432. The fraction of sp³-hybridized carbons (Fsp3) is 0.444. The maximum absolute atomic E-state index is 14.3. The minimum atomic E-state index is -0.781. The van der Waals surface area contributed by atoms with E-state index in [1.807, 2.05) is 13.8 Å². The van der Waals surface area contributed by atoms with Crippen LogP contribution < -0.4 is 0 Å². The lowest BCUT2D eigenvalue weighted by Gasteiger charge is -2.16. The highest BCUT2D eigenvalue weighted by atomic mass is 19.1. The van der Waals surface area contributed by atoms with Crippen molar-refractivity contribution in [3.63, 3.8) is 0 Å². The molecule has 0 saturated carbocycles. The van der Waals surface area contributed by atoms with Gasteiger partial charge in [-0.05, 0) is 18.1 Å². The molecule has 1 saturated heterocycles. The van der Waals surface area contributed by atoms with Crippen LogP contribution in [0.25, 0.3) is 5.69 Å². The molecule has 0 spiro atoms. The zero-order valence-electron chi connectivity index (χ0n) is 15.6. The molecule has 9 heteroatoms. The van der Waals surface area contributed by atoms with Gasteiger partial charge in [-0.2, -0.15) is 5.10 Å². The van der Waals surface area contributed by atoms with Gasteiger partial charge in [0.2, 0.25) is 0 Å². The van der Waals surface area contributed by atoms with Gasteiger partial charge in [-0.25, -0.2) is 23.2 Å². The Balaban J connectivity index is 2.02. The molecule has 0 N–H and O–H groups in total. The number of imide groups is 1. The van der Waals surface area contributed by atoms with Gasteiger partial charge in [-0.3, -0.25) is 9.69 Å². The molecule has 27 heavy (non-hydrogen) atoms. The van der Waals surface area contributed by atoms with Gasteiger partial charge >= 0.3 is 6.03 Å². The number of aromatic nitrogens is 3. The Labute approximate surface area is 155 Å². The maximum atomic E-state index is 14.3. The SMILES string of the molecule is CC(C)Cc1nc(C[C@H]2C(=O)N(C)C(=O)N2C)n(-c2ccc(F)cc2F)n1. The van der Waals surface area contributed by atoms with Crippen LogP contribution >= 0.6 is 0 Å². The Morgan fingerprint density at radius 3 is 2.44 bits per heavy atom. The van der Waals surface area contributed by atoms with Crippen molar-refractivity contribution in [2.75, 3.05) is 14.1 Å². The van der Waals surface area contributed by atoms with Crippen LogP contribution in [0, 0.1) is 17.6 Å². The number of likely N-dealkylation sites (N-methyl/N-ethyl adjacent to an activating group) is 2. The molecule has 1 aliphatic heterocycles. The van der Waals surface area contributed by atoms with Crippen LogP contribution in [0.2, 0.25) is 0 Å². The lowest BCUT2D eigenvalue weighted by molar-refractivity contribution is -0.127. The van der Waals surface area contributed by atoms with Crippen LogP contribution in [0.15, 0.2) is 18.2 Å². The molecule has 1 aromatic carbocycles. The normalized spacial score (nSPS) is 17.5. The Bertz CT molecular complexity index is 896. The summed E-state index contributed by atoms with van der Waals surface area (Å²) in [6.45, 7) is 4.00. The van der Waals surface area contributed by atoms with E-state index in [1.165, 1.54) is 29.7 Å². The molecule has 1 aromatic heterocycles. The highest BCUT2D eigenvalue weighted by molar-refractivity contribution is 6.03. The summed E-state index contributed by atoms with van der Waals surface area (Å²) >= 11 is 0. The Hall–Kier alpha value is -2.84. The van der Waals surface area contributed by atoms with Crippen molar-refractivity contribution in [2.24, 2.45) is 5.92 Å². The Morgan fingerprint density at radius 2 is 1.89 bits per heavy atom. The highest BCUT2D eigenvalue weighted by Gasteiger charge is 2.41. The molecule has 0 unspecified atom stereocenters. The first kappa shape index (κ1) is 18.9. The topological polar surface area (TPSA) is 71.3 Å². The molecule has 2 aromatic rings. The summed E-state index contributed by atoms with van der Waals surface area (Å²) < 4.78 is 28.9. The van der Waals surface area contributed by atoms with E-state index in [4.69, 9.17) is 0 Å². The number of hydrogen-bond donors (Lipinski definition) is 0. The number of halogens is 2. The average molecular weight is 377 g/mol. The third-order valence-corrected chi connectivity index (χ3v) is 4.49.